The maximum Gasteiger partial charge on any atom is 0.293 e. The number of carbonyl (C=O) groups excluding carboxylic acids is 1. The van der Waals surface area contributed by atoms with Crippen molar-refractivity contribution in [3.63, 3.8) is 0 Å². The van der Waals surface area contributed by atoms with Crippen LogP contribution in [0.1, 0.15) is 19.4 Å². The Morgan fingerprint density at radius 3 is 2.93 bits per heavy atom. The maximum absolute atomic E-state index is 10.1. The summed E-state index contributed by atoms with van der Waals surface area (Å²) in [6.45, 7) is 4.74. The molecule has 0 unspecified atom stereocenters. The molecule has 0 aliphatic heterocycles. The van der Waals surface area contributed by atoms with Crippen LogP contribution < -0.4 is 5.32 Å². The van der Waals surface area contributed by atoms with Gasteiger partial charge in [-0.3, -0.25) is 4.79 Å². The van der Waals surface area contributed by atoms with Gasteiger partial charge >= 0.3 is 0 Å². The Kier molecular flexibility index (Phi) is 3.60. The molecule has 0 atom stereocenters. The molecule has 0 aromatic carbocycles. The van der Waals surface area contributed by atoms with Crippen molar-refractivity contribution >= 4 is 12.3 Å². The third-order valence-electron chi connectivity index (χ3n) is 2.20. The average Bonchev–Trinajstić information content (AvgIpc) is 2.26. The Morgan fingerprint density at radius 2 is 2.33 bits per heavy atom. The fourth-order valence-electron chi connectivity index (χ4n) is 1.18. The van der Waals surface area contributed by atoms with E-state index in [4.69, 9.17) is 4.74 Å². The zero-order valence-electron chi connectivity index (χ0n) is 9.15. The van der Waals surface area contributed by atoms with Crippen molar-refractivity contribution in [2.75, 3.05) is 19.0 Å². The van der Waals surface area contributed by atoms with Gasteiger partial charge in [0.15, 0.2) is 0 Å². The predicted octanol–water partition coefficient (Wildman–Crippen LogP) is 0.969. The highest BCUT2D eigenvalue weighted by Gasteiger charge is 2.22. The number of anilines is 1. The van der Waals surface area contributed by atoms with E-state index in [1.807, 2.05) is 19.9 Å². The van der Waals surface area contributed by atoms with E-state index >= 15 is 0 Å². The van der Waals surface area contributed by atoms with Crippen LogP contribution in [0.3, 0.4) is 0 Å². The van der Waals surface area contributed by atoms with Crippen molar-refractivity contribution < 1.29 is 9.53 Å². The Morgan fingerprint density at radius 1 is 1.60 bits per heavy atom. The van der Waals surface area contributed by atoms with Crippen molar-refractivity contribution in [2.24, 2.45) is 0 Å². The lowest BCUT2D eigenvalue weighted by Gasteiger charge is -2.23. The molecule has 1 aromatic rings. The van der Waals surface area contributed by atoms with Crippen molar-refractivity contribution in [1.29, 1.82) is 0 Å². The normalized spacial score (nSPS) is 10.9. The molecule has 1 heterocycles. The first-order valence-corrected chi connectivity index (χ1v) is 4.66. The van der Waals surface area contributed by atoms with E-state index < -0.39 is 0 Å². The topological polar surface area (TPSA) is 64.1 Å². The minimum atomic E-state index is -0.261. The van der Waals surface area contributed by atoms with Gasteiger partial charge in [-0.05, 0) is 11.6 Å². The molecule has 0 radical (unpaired) electrons. The van der Waals surface area contributed by atoms with Gasteiger partial charge in [0.2, 0.25) is 0 Å². The highest BCUT2D eigenvalue weighted by atomic mass is 16.5. The van der Waals surface area contributed by atoms with E-state index in [0.717, 1.165) is 5.56 Å². The van der Waals surface area contributed by atoms with Crippen LogP contribution in [0.4, 0.5) is 5.82 Å². The molecule has 1 aromatic heterocycles. The molecular formula is C10H15N3O2. The van der Waals surface area contributed by atoms with E-state index in [-0.39, 0.29) is 5.41 Å². The van der Waals surface area contributed by atoms with Gasteiger partial charge in [-0.1, -0.05) is 13.8 Å². The minimum Gasteiger partial charge on any atom is -0.467 e. The van der Waals surface area contributed by atoms with Crippen LogP contribution in [0.15, 0.2) is 12.3 Å². The number of aromatic nitrogens is 2. The zero-order chi connectivity index (χ0) is 11.3. The summed E-state index contributed by atoms with van der Waals surface area (Å²) < 4.78 is 4.78. The fourth-order valence-corrected chi connectivity index (χ4v) is 1.18. The molecule has 0 aliphatic carbocycles. The van der Waals surface area contributed by atoms with Gasteiger partial charge in [0, 0.05) is 12.5 Å². The van der Waals surface area contributed by atoms with E-state index in [2.05, 4.69) is 15.5 Å². The first-order chi connectivity index (χ1) is 7.10. The number of hydrogen-bond donors (Lipinski definition) is 1. The van der Waals surface area contributed by atoms with Crippen LogP contribution in [0.25, 0.3) is 0 Å². The Labute approximate surface area is 88.9 Å². The SMILES string of the molecule is CNc1cc(C(C)(C)COC=O)cnn1. The lowest BCUT2D eigenvalue weighted by molar-refractivity contribution is -0.130. The summed E-state index contributed by atoms with van der Waals surface area (Å²) in [5, 5.41) is 10.7. The molecule has 0 saturated heterocycles. The Hall–Kier alpha value is -1.65. The first-order valence-electron chi connectivity index (χ1n) is 4.66. The van der Waals surface area contributed by atoms with Gasteiger partial charge in [-0.15, -0.1) is 5.10 Å². The van der Waals surface area contributed by atoms with Crippen LogP contribution in [0.2, 0.25) is 0 Å². The third-order valence-corrected chi connectivity index (χ3v) is 2.20. The maximum atomic E-state index is 10.1. The molecule has 0 bridgehead atoms. The van der Waals surface area contributed by atoms with Gasteiger partial charge in [0.1, 0.15) is 12.4 Å². The molecule has 0 aliphatic rings. The number of nitrogens with zero attached hydrogens (tertiary/aromatic N) is 2. The second-order valence-electron chi connectivity index (χ2n) is 3.87. The van der Waals surface area contributed by atoms with Gasteiger partial charge in [0.25, 0.3) is 6.47 Å². The molecule has 15 heavy (non-hydrogen) atoms. The molecular weight excluding hydrogens is 194 g/mol. The number of nitrogens with one attached hydrogen (secondary N) is 1. The molecule has 1 N–H and O–H groups in total. The van der Waals surface area contributed by atoms with E-state index in [9.17, 15) is 4.79 Å². The lowest BCUT2D eigenvalue weighted by atomic mass is 9.87. The summed E-state index contributed by atoms with van der Waals surface area (Å²) in [6.07, 6.45) is 1.68. The second-order valence-corrected chi connectivity index (χ2v) is 3.87. The molecule has 0 fully saturated rings. The first kappa shape index (κ1) is 11.4. The van der Waals surface area contributed by atoms with E-state index in [1.165, 1.54) is 0 Å². The highest BCUT2D eigenvalue weighted by molar-refractivity contribution is 5.39. The van der Waals surface area contributed by atoms with Crippen LogP contribution in [0, 0.1) is 0 Å². The summed E-state index contributed by atoms with van der Waals surface area (Å²) in [5.41, 5.74) is 0.714. The summed E-state index contributed by atoms with van der Waals surface area (Å²) in [4.78, 5) is 10.1. The number of hydrogen-bond acceptors (Lipinski definition) is 5. The standard InChI is InChI=1S/C10H15N3O2/c1-10(2,6-15-7-14)8-4-9(11-3)13-12-5-8/h4-5,7H,6H2,1-3H3,(H,11,13). The average molecular weight is 209 g/mol. The predicted molar refractivity (Wildman–Crippen MR) is 56.6 cm³/mol. The quantitative estimate of drug-likeness (QED) is 0.732. The number of carbonyl (C=O) groups is 1. The van der Waals surface area contributed by atoms with E-state index in [1.54, 1.807) is 13.2 Å². The molecule has 82 valence electrons. The largest absolute Gasteiger partial charge is 0.467 e. The summed E-state index contributed by atoms with van der Waals surface area (Å²) in [5.74, 6) is 0.701. The lowest BCUT2D eigenvalue weighted by Crippen LogP contribution is -2.24. The molecule has 5 heteroatoms. The van der Waals surface area contributed by atoms with Crippen LogP contribution in [-0.4, -0.2) is 30.3 Å². The Balaban J connectivity index is 2.87. The minimum absolute atomic E-state index is 0.261. The summed E-state index contributed by atoms with van der Waals surface area (Å²) >= 11 is 0. The van der Waals surface area contributed by atoms with Crippen molar-refractivity contribution in [1.82, 2.24) is 10.2 Å². The second kappa shape index (κ2) is 4.72. The van der Waals surface area contributed by atoms with Gasteiger partial charge < -0.3 is 10.1 Å². The molecule has 5 nitrogen and oxygen atoms in total. The Bertz CT molecular complexity index is 339. The number of rotatable bonds is 5. The van der Waals surface area contributed by atoms with Gasteiger partial charge in [-0.2, -0.15) is 5.10 Å². The fraction of sp³-hybridized carbons (Fsp3) is 0.500. The van der Waals surface area contributed by atoms with Crippen molar-refractivity contribution in [2.45, 2.75) is 19.3 Å². The third kappa shape index (κ3) is 2.90. The monoisotopic (exact) mass is 209 g/mol. The highest BCUT2D eigenvalue weighted by Crippen LogP contribution is 2.23. The molecule has 1 rings (SSSR count). The molecule has 0 amide bonds. The van der Waals surface area contributed by atoms with Gasteiger partial charge in [-0.25, -0.2) is 0 Å². The van der Waals surface area contributed by atoms with Crippen molar-refractivity contribution in [3.8, 4) is 0 Å². The zero-order valence-corrected chi connectivity index (χ0v) is 9.15. The molecule has 0 spiro atoms. The summed E-state index contributed by atoms with van der Waals surface area (Å²) in [6, 6.07) is 1.89. The van der Waals surface area contributed by atoms with Gasteiger partial charge in [0.05, 0.1) is 6.20 Å². The van der Waals surface area contributed by atoms with Crippen molar-refractivity contribution in [3.05, 3.63) is 17.8 Å². The van der Waals surface area contributed by atoms with E-state index in [0.29, 0.717) is 18.9 Å². The smallest absolute Gasteiger partial charge is 0.293 e. The summed E-state index contributed by atoms with van der Waals surface area (Å²) in [7, 11) is 1.78. The van der Waals surface area contributed by atoms with Crippen LogP contribution in [-0.2, 0) is 14.9 Å². The van der Waals surface area contributed by atoms with Crippen LogP contribution >= 0.6 is 0 Å². The molecule has 0 saturated carbocycles. The number of ether oxygens (including phenoxy) is 1. The van der Waals surface area contributed by atoms with Crippen LogP contribution in [0.5, 0.6) is 0 Å².